The van der Waals surface area contributed by atoms with Crippen molar-refractivity contribution in [2.75, 3.05) is 7.11 Å². The van der Waals surface area contributed by atoms with Crippen molar-refractivity contribution in [1.82, 2.24) is 0 Å². The third-order valence-corrected chi connectivity index (χ3v) is 0.660. The lowest BCUT2D eigenvalue weighted by Gasteiger charge is -1.92. The first kappa shape index (κ1) is 17.2. The van der Waals surface area contributed by atoms with E-state index in [1.807, 2.05) is 27.7 Å². The van der Waals surface area contributed by atoms with Crippen LogP contribution in [0.5, 0.6) is 0 Å². The number of methoxy groups -OCH3 is 1. The highest BCUT2D eigenvalue weighted by Crippen LogP contribution is 1.87. The third kappa shape index (κ3) is 16.0. The summed E-state index contributed by atoms with van der Waals surface area (Å²) < 4.78 is 4.69. The van der Waals surface area contributed by atoms with Gasteiger partial charge in [0, 0.05) is 0 Å². The van der Waals surface area contributed by atoms with Crippen LogP contribution in [0.2, 0.25) is 0 Å². The van der Waals surface area contributed by atoms with Crippen LogP contribution in [-0.2, 0) is 4.74 Å². The van der Waals surface area contributed by atoms with Gasteiger partial charge in [-0.05, 0) is 6.08 Å². The monoisotopic (exact) mass is 171 g/mol. The molecule has 0 aromatic carbocycles. The van der Waals surface area contributed by atoms with Gasteiger partial charge < -0.3 is 10.1 Å². The summed E-state index contributed by atoms with van der Waals surface area (Å²) in [5.74, 6) is 0.514. The minimum Gasteiger partial charge on any atom is -0.495 e. The summed E-state index contributed by atoms with van der Waals surface area (Å²) in [6.07, 6.45) is 4.32. The van der Waals surface area contributed by atoms with Gasteiger partial charge in [0.2, 0.25) is 0 Å². The van der Waals surface area contributed by atoms with E-state index < -0.39 is 0 Å². The molecule has 0 aliphatic carbocycles. The number of hydrogen-bond donors (Lipinski definition) is 1. The third-order valence-electron chi connectivity index (χ3n) is 0.660. The van der Waals surface area contributed by atoms with E-state index in [-0.39, 0.29) is 0 Å². The number of allylic oxidation sites excluding steroid dienone is 3. The molecule has 2 heteroatoms. The SMILES string of the molecule is C=C/C=C(\C=N)OC.CC.CC. The molecule has 0 saturated heterocycles. The Balaban J connectivity index is -0.000000175. The van der Waals surface area contributed by atoms with E-state index in [0.29, 0.717) is 5.76 Å². The molecule has 0 unspecified atom stereocenters. The minimum absolute atomic E-state index is 0.514. The molecule has 12 heavy (non-hydrogen) atoms. The summed E-state index contributed by atoms with van der Waals surface area (Å²) in [5.41, 5.74) is 0. The topological polar surface area (TPSA) is 33.1 Å². The van der Waals surface area contributed by atoms with Crippen molar-refractivity contribution in [1.29, 1.82) is 5.41 Å². The zero-order chi connectivity index (χ0) is 10.4. The predicted octanol–water partition coefficient (Wildman–Crippen LogP) is 3.40. The van der Waals surface area contributed by atoms with Gasteiger partial charge in [0.15, 0.2) is 0 Å². The van der Waals surface area contributed by atoms with Gasteiger partial charge >= 0.3 is 0 Å². The van der Waals surface area contributed by atoms with Crippen molar-refractivity contribution in [2.24, 2.45) is 0 Å². The maximum absolute atomic E-state index is 6.70. The van der Waals surface area contributed by atoms with E-state index in [1.165, 1.54) is 7.11 Å². The van der Waals surface area contributed by atoms with Crippen LogP contribution in [0.4, 0.5) is 0 Å². The lowest BCUT2D eigenvalue weighted by atomic mass is 10.4. The molecule has 0 fully saturated rings. The Hall–Kier alpha value is -1.05. The first-order chi connectivity index (χ1) is 5.85. The highest BCUT2D eigenvalue weighted by molar-refractivity contribution is 5.73. The Morgan fingerprint density at radius 2 is 1.67 bits per heavy atom. The molecular weight excluding hydrogens is 150 g/mol. The van der Waals surface area contributed by atoms with Gasteiger partial charge in [-0.2, -0.15) is 0 Å². The Morgan fingerprint density at radius 3 is 1.75 bits per heavy atom. The summed E-state index contributed by atoms with van der Waals surface area (Å²) in [6, 6.07) is 0. The van der Waals surface area contributed by atoms with Crippen LogP contribution < -0.4 is 0 Å². The fraction of sp³-hybridized carbons (Fsp3) is 0.500. The maximum Gasteiger partial charge on any atom is 0.136 e. The molecule has 0 bridgehead atoms. The quantitative estimate of drug-likeness (QED) is 0.394. The van der Waals surface area contributed by atoms with Crippen molar-refractivity contribution < 1.29 is 4.74 Å². The molecule has 0 aromatic heterocycles. The normalized spacial score (nSPS) is 7.92. The first-order valence-corrected chi connectivity index (χ1v) is 4.22. The van der Waals surface area contributed by atoms with E-state index in [1.54, 1.807) is 12.2 Å². The molecule has 0 radical (unpaired) electrons. The molecule has 0 aliphatic rings. The van der Waals surface area contributed by atoms with Crippen LogP contribution in [0.15, 0.2) is 24.5 Å². The summed E-state index contributed by atoms with van der Waals surface area (Å²) in [6.45, 7) is 11.4. The van der Waals surface area contributed by atoms with Crippen molar-refractivity contribution in [3.63, 3.8) is 0 Å². The number of rotatable bonds is 3. The number of nitrogens with one attached hydrogen (secondary N) is 1. The largest absolute Gasteiger partial charge is 0.495 e. The summed E-state index contributed by atoms with van der Waals surface area (Å²) >= 11 is 0. The molecule has 0 rings (SSSR count). The average molecular weight is 171 g/mol. The minimum atomic E-state index is 0.514. The number of ether oxygens (including phenoxy) is 1. The smallest absolute Gasteiger partial charge is 0.136 e. The van der Waals surface area contributed by atoms with E-state index in [2.05, 4.69) is 11.3 Å². The maximum atomic E-state index is 6.70. The average Bonchev–Trinajstić information content (AvgIpc) is 2.20. The highest BCUT2D eigenvalue weighted by Gasteiger charge is 1.80. The molecule has 0 amide bonds. The second-order valence-corrected chi connectivity index (χ2v) is 1.15. The van der Waals surface area contributed by atoms with E-state index >= 15 is 0 Å². The Morgan fingerprint density at radius 1 is 1.25 bits per heavy atom. The Labute approximate surface area is 76.5 Å². The molecule has 2 nitrogen and oxygen atoms in total. The van der Waals surface area contributed by atoms with Crippen LogP contribution in [-0.4, -0.2) is 13.3 Å². The van der Waals surface area contributed by atoms with Crippen LogP contribution in [0.25, 0.3) is 0 Å². The standard InChI is InChI=1S/C6H9NO.2C2H6/c1-3-4-6(5-7)8-2;2*1-2/h3-5,7H,1H2,2H3;2*1-2H3/b6-4+,7-5?;;. The summed E-state index contributed by atoms with van der Waals surface area (Å²) in [4.78, 5) is 0. The molecule has 0 atom stereocenters. The Bertz CT molecular complexity index is 117. The molecule has 0 saturated carbocycles. The van der Waals surface area contributed by atoms with Crippen LogP contribution in [0, 0.1) is 5.41 Å². The fourth-order valence-corrected chi connectivity index (χ4v) is 0.291. The van der Waals surface area contributed by atoms with Crippen molar-refractivity contribution in [3.8, 4) is 0 Å². The second-order valence-electron chi connectivity index (χ2n) is 1.15. The lowest BCUT2D eigenvalue weighted by Crippen LogP contribution is -1.83. The van der Waals surface area contributed by atoms with Gasteiger partial charge in [-0.3, -0.25) is 0 Å². The van der Waals surface area contributed by atoms with Gasteiger partial charge in [0.05, 0.1) is 13.3 Å². The molecule has 1 N–H and O–H groups in total. The van der Waals surface area contributed by atoms with Crippen molar-refractivity contribution in [2.45, 2.75) is 27.7 Å². The number of hydrogen-bond acceptors (Lipinski definition) is 2. The second kappa shape index (κ2) is 22.5. The zero-order valence-corrected chi connectivity index (χ0v) is 8.85. The van der Waals surface area contributed by atoms with Gasteiger partial charge in [0.1, 0.15) is 5.76 Å². The predicted molar refractivity (Wildman–Crippen MR) is 56.8 cm³/mol. The summed E-state index contributed by atoms with van der Waals surface area (Å²) in [5, 5.41) is 6.70. The molecule has 0 aromatic rings. The van der Waals surface area contributed by atoms with Gasteiger partial charge in [-0.1, -0.05) is 40.3 Å². The molecular formula is C10H21NO. The van der Waals surface area contributed by atoms with Crippen LogP contribution in [0.3, 0.4) is 0 Å². The highest BCUT2D eigenvalue weighted by atomic mass is 16.5. The van der Waals surface area contributed by atoms with E-state index in [4.69, 9.17) is 5.41 Å². The van der Waals surface area contributed by atoms with Gasteiger partial charge in [-0.25, -0.2) is 0 Å². The van der Waals surface area contributed by atoms with Crippen molar-refractivity contribution in [3.05, 3.63) is 24.5 Å². The molecule has 0 spiro atoms. The summed E-state index contributed by atoms with van der Waals surface area (Å²) in [7, 11) is 1.51. The van der Waals surface area contributed by atoms with Crippen molar-refractivity contribution >= 4 is 6.21 Å². The zero-order valence-electron chi connectivity index (χ0n) is 8.85. The fourth-order valence-electron chi connectivity index (χ4n) is 0.291. The van der Waals surface area contributed by atoms with Gasteiger partial charge in [0.25, 0.3) is 0 Å². The first-order valence-electron chi connectivity index (χ1n) is 4.22. The van der Waals surface area contributed by atoms with Crippen LogP contribution >= 0.6 is 0 Å². The van der Waals surface area contributed by atoms with Gasteiger partial charge in [-0.15, -0.1) is 0 Å². The van der Waals surface area contributed by atoms with Crippen LogP contribution in [0.1, 0.15) is 27.7 Å². The van der Waals surface area contributed by atoms with E-state index in [0.717, 1.165) is 6.21 Å². The molecule has 0 heterocycles. The lowest BCUT2D eigenvalue weighted by molar-refractivity contribution is 0.317. The molecule has 0 aliphatic heterocycles. The van der Waals surface area contributed by atoms with E-state index in [9.17, 15) is 0 Å². The molecule has 72 valence electrons. The Kier molecular flexibility index (Phi) is 32.2.